The molecule has 0 atom stereocenters. The maximum absolute atomic E-state index is 4.79. The Morgan fingerprint density at radius 1 is 0.576 bits per heavy atom. The average Bonchev–Trinajstić information content (AvgIpc) is 2.86. The highest BCUT2D eigenvalue weighted by Gasteiger charge is 2.23. The van der Waals surface area contributed by atoms with Gasteiger partial charge in [-0.15, -0.1) is 0 Å². The van der Waals surface area contributed by atoms with Crippen molar-refractivity contribution in [2.24, 2.45) is 0 Å². The van der Waals surface area contributed by atoms with Gasteiger partial charge in [-0.1, -0.05) is 36.4 Å². The van der Waals surface area contributed by atoms with E-state index in [1.54, 1.807) is 18.6 Å². The fraction of sp³-hybridized carbons (Fsp3) is 0.143. The third-order valence-corrected chi connectivity index (χ3v) is 6.29. The summed E-state index contributed by atoms with van der Waals surface area (Å²) in [6, 6.07) is 21.0. The van der Waals surface area contributed by atoms with Crippen LogP contribution in [0.3, 0.4) is 0 Å². The number of anilines is 3. The number of hydrogen-bond acceptors (Lipinski definition) is 5. The fourth-order valence-electron chi connectivity index (χ4n) is 4.45. The minimum Gasteiger partial charge on any atom is -0.310 e. The smallest absolute Gasteiger partial charge is 0.198 e. The summed E-state index contributed by atoms with van der Waals surface area (Å²) in [5, 5.41) is 0. The number of benzene rings is 3. The van der Waals surface area contributed by atoms with Gasteiger partial charge >= 0.3 is 0 Å². The molecule has 2 heterocycles. The summed E-state index contributed by atoms with van der Waals surface area (Å²) in [6.07, 6.45) is 5.09. The quantitative estimate of drug-likeness (QED) is 0.313. The van der Waals surface area contributed by atoms with Gasteiger partial charge in [0.2, 0.25) is 0 Å². The van der Waals surface area contributed by atoms with Crippen LogP contribution in [0.2, 0.25) is 0 Å². The van der Waals surface area contributed by atoms with Gasteiger partial charge in [0.05, 0.1) is 17.6 Å². The molecular formula is C28H25N5. The molecule has 0 spiro atoms. The van der Waals surface area contributed by atoms with Crippen molar-refractivity contribution in [2.45, 2.75) is 27.7 Å². The van der Waals surface area contributed by atoms with Crippen molar-refractivity contribution in [3.05, 3.63) is 102 Å². The van der Waals surface area contributed by atoms with E-state index in [1.807, 2.05) is 12.1 Å². The largest absolute Gasteiger partial charge is 0.310 e. The van der Waals surface area contributed by atoms with Crippen molar-refractivity contribution in [1.82, 2.24) is 19.9 Å². The number of para-hydroxylation sites is 2. The van der Waals surface area contributed by atoms with Crippen LogP contribution < -0.4 is 4.90 Å². The van der Waals surface area contributed by atoms with Crippen molar-refractivity contribution < 1.29 is 0 Å². The zero-order chi connectivity index (χ0) is 22.9. The van der Waals surface area contributed by atoms with Crippen molar-refractivity contribution in [2.75, 3.05) is 4.90 Å². The van der Waals surface area contributed by atoms with Gasteiger partial charge in [0.1, 0.15) is 0 Å². The van der Waals surface area contributed by atoms with Crippen molar-refractivity contribution in [3.63, 3.8) is 0 Å². The van der Waals surface area contributed by atoms with Crippen molar-refractivity contribution in [3.8, 4) is 11.3 Å². The third-order valence-electron chi connectivity index (χ3n) is 6.29. The fourth-order valence-corrected chi connectivity index (χ4v) is 4.45. The molecule has 0 saturated carbocycles. The van der Waals surface area contributed by atoms with Gasteiger partial charge in [-0.3, -0.25) is 0 Å². The van der Waals surface area contributed by atoms with E-state index in [0.717, 1.165) is 22.6 Å². The Kier molecular flexibility index (Phi) is 5.31. The average molecular weight is 432 g/mol. The van der Waals surface area contributed by atoms with Crippen LogP contribution >= 0.6 is 0 Å². The first-order valence-corrected chi connectivity index (χ1v) is 11.0. The second kappa shape index (κ2) is 8.43. The Bertz CT molecular complexity index is 1380. The van der Waals surface area contributed by atoms with Gasteiger partial charge in [0.15, 0.2) is 11.3 Å². The monoisotopic (exact) mass is 431 g/mol. The molecule has 0 unspecified atom stereocenters. The Balaban J connectivity index is 1.75. The van der Waals surface area contributed by atoms with Crippen LogP contribution in [0, 0.1) is 27.7 Å². The molecule has 0 aliphatic heterocycles. The molecule has 5 rings (SSSR count). The van der Waals surface area contributed by atoms with Gasteiger partial charge in [-0.2, -0.15) is 0 Å². The lowest BCUT2D eigenvalue weighted by molar-refractivity contribution is 1.13. The van der Waals surface area contributed by atoms with Gasteiger partial charge in [-0.25, -0.2) is 19.9 Å². The Hall–Kier alpha value is -4.12. The van der Waals surface area contributed by atoms with E-state index in [4.69, 9.17) is 4.98 Å². The SMILES string of the molecule is Cc1c(C)c(N(c2ccccc2)c2ccccc2)c(C)c(C)c1-c1cnc2nccnc2n1. The lowest BCUT2D eigenvalue weighted by atomic mass is 9.89. The molecule has 5 aromatic rings. The van der Waals surface area contributed by atoms with Crippen LogP contribution in [0.1, 0.15) is 22.3 Å². The molecule has 2 aromatic heterocycles. The van der Waals surface area contributed by atoms with E-state index in [2.05, 4.69) is 96.1 Å². The van der Waals surface area contributed by atoms with Crippen LogP contribution in [-0.4, -0.2) is 19.9 Å². The molecule has 0 fully saturated rings. The molecule has 0 saturated heterocycles. The van der Waals surface area contributed by atoms with Crippen molar-refractivity contribution >= 4 is 28.4 Å². The van der Waals surface area contributed by atoms with E-state index in [9.17, 15) is 0 Å². The molecule has 0 bridgehead atoms. The minimum atomic E-state index is 0.556. The summed E-state index contributed by atoms with van der Waals surface area (Å²) in [7, 11) is 0. The first kappa shape index (κ1) is 20.8. The first-order valence-electron chi connectivity index (χ1n) is 11.0. The first-order chi connectivity index (χ1) is 16.1. The highest BCUT2D eigenvalue weighted by atomic mass is 15.1. The van der Waals surface area contributed by atoms with Gasteiger partial charge < -0.3 is 4.90 Å². The molecule has 162 valence electrons. The van der Waals surface area contributed by atoms with Crippen LogP contribution in [0.15, 0.2) is 79.3 Å². The standard InChI is InChI=1S/C28H25N5/c1-18-20(3)26(33(22-11-7-5-8-12-22)23-13-9-6-10-14-23)21(4)19(2)25(18)24-17-31-27-28(32-24)30-16-15-29-27/h5-17H,1-4H3. The molecule has 5 nitrogen and oxygen atoms in total. The highest BCUT2D eigenvalue weighted by molar-refractivity contribution is 5.86. The van der Waals surface area contributed by atoms with Crippen LogP contribution in [0.5, 0.6) is 0 Å². The normalized spacial score (nSPS) is 11.0. The van der Waals surface area contributed by atoms with E-state index in [-0.39, 0.29) is 0 Å². The van der Waals surface area contributed by atoms with Crippen molar-refractivity contribution in [1.29, 1.82) is 0 Å². The number of nitrogens with zero attached hydrogens (tertiary/aromatic N) is 5. The summed E-state index contributed by atoms with van der Waals surface area (Å²) in [6.45, 7) is 8.70. The molecular weight excluding hydrogens is 406 g/mol. The zero-order valence-electron chi connectivity index (χ0n) is 19.2. The molecule has 0 radical (unpaired) electrons. The Labute approximate surface area is 193 Å². The van der Waals surface area contributed by atoms with E-state index in [0.29, 0.717) is 11.3 Å². The number of rotatable bonds is 4. The van der Waals surface area contributed by atoms with E-state index < -0.39 is 0 Å². The Morgan fingerprint density at radius 2 is 1.09 bits per heavy atom. The van der Waals surface area contributed by atoms with E-state index >= 15 is 0 Å². The summed E-state index contributed by atoms with van der Waals surface area (Å²) in [5.41, 5.74) is 11.3. The maximum Gasteiger partial charge on any atom is 0.198 e. The molecule has 0 N–H and O–H groups in total. The lowest BCUT2D eigenvalue weighted by Gasteiger charge is -2.31. The summed E-state index contributed by atoms with van der Waals surface area (Å²) in [4.78, 5) is 20.2. The van der Waals surface area contributed by atoms with Gasteiger partial charge in [0.25, 0.3) is 0 Å². The van der Waals surface area contributed by atoms with Gasteiger partial charge in [0, 0.05) is 29.3 Å². The maximum atomic E-state index is 4.79. The molecule has 33 heavy (non-hydrogen) atoms. The molecule has 0 aliphatic carbocycles. The topological polar surface area (TPSA) is 54.8 Å². The number of hydrogen-bond donors (Lipinski definition) is 0. The highest BCUT2D eigenvalue weighted by Crippen LogP contribution is 2.43. The number of aromatic nitrogens is 4. The van der Waals surface area contributed by atoms with Crippen LogP contribution in [0.25, 0.3) is 22.6 Å². The number of fused-ring (bicyclic) bond motifs is 1. The summed E-state index contributed by atoms with van der Waals surface area (Å²) < 4.78 is 0. The summed E-state index contributed by atoms with van der Waals surface area (Å²) >= 11 is 0. The van der Waals surface area contributed by atoms with Crippen LogP contribution in [-0.2, 0) is 0 Å². The molecule has 0 amide bonds. The molecule has 3 aromatic carbocycles. The second-order valence-electron chi connectivity index (χ2n) is 8.19. The minimum absolute atomic E-state index is 0.556. The Morgan fingerprint density at radius 3 is 1.64 bits per heavy atom. The van der Waals surface area contributed by atoms with Gasteiger partial charge in [-0.05, 0) is 74.2 Å². The lowest BCUT2D eigenvalue weighted by Crippen LogP contribution is -2.15. The molecule has 0 aliphatic rings. The van der Waals surface area contributed by atoms with E-state index in [1.165, 1.54) is 27.9 Å². The zero-order valence-corrected chi connectivity index (χ0v) is 19.2. The summed E-state index contributed by atoms with van der Waals surface area (Å²) in [5.74, 6) is 0. The third kappa shape index (κ3) is 3.61. The van der Waals surface area contributed by atoms with Crippen LogP contribution in [0.4, 0.5) is 17.1 Å². The predicted octanol–water partition coefficient (Wildman–Crippen LogP) is 6.79. The molecule has 5 heteroatoms. The second-order valence-corrected chi connectivity index (χ2v) is 8.19. The predicted molar refractivity (Wildman–Crippen MR) is 134 cm³/mol.